The summed E-state index contributed by atoms with van der Waals surface area (Å²) in [6.45, 7) is 8.00. The molecule has 4 nitrogen and oxygen atoms in total. The first-order chi connectivity index (χ1) is 8.56. The summed E-state index contributed by atoms with van der Waals surface area (Å²) in [7, 11) is 0. The molecule has 1 amide bonds. The molecule has 1 aromatic rings. The number of carbonyl (C=O) groups is 1. The van der Waals surface area contributed by atoms with Crippen LogP contribution in [0.2, 0.25) is 0 Å². The van der Waals surface area contributed by atoms with Crippen LogP contribution in [0.5, 0.6) is 0 Å². The lowest BCUT2D eigenvalue weighted by molar-refractivity contribution is 0.0936. The van der Waals surface area contributed by atoms with Gasteiger partial charge in [-0.3, -0.25) is 9.89 Å². The van der Waals surface area contributed by atoms with E-state index in [-0.39, 0.29) is 11.9 Å². The molecule has 18 heavy (non-hydrogen) atoms. The van der Waals surface area contributed by atoms with E-state index < -0.39 is 0 Å². The van der Waals surface area contributed by atoms with E-state index in [1.165, 1.54) is 25.7 Å². The second-order valence-electron chi connectivity index (χ2n) is 5.03. The number of H-pyrrole nitrogens is 1. The van der Waals surface area contributed by atoms with Crippen molar-refractivity contribution in [2.75, 3.05) is 0 Å². The summed E-state index contributed by atoms with van der Waals surface area (Å²) in [6, 6.07) is 0.225. The van der Waals surface area contributed by atoms with E-state index in [2.05, 4.69) is 29.4 Å². The van der Waals surface area contributed by atoms with Crippen molar-refractivity contribution >= 4 is 5.91 Å². The van der Waals surface area contributed by atoms with Crippen LogP contribution in [0.3, 0.4) is 0 Å². The van der Waals surface area contributed by atoms with Crippen LogP contribution < -0.4 is 5.32 Å². The van der Waals surface area contributed by atoms with Crippen LogP contribution in [-0.2, 0) is 0 Å². The van der Waals surface area contributed by atoms with Crippen LogP contribution in [0.15, 0.2) is 0 Å². The predicted molar refractivity (Wildman–Crippen MR) is 73.7 cm³/mol. The molecule has 0 aliphatic rings. The zero-order valence-electron chi connectivity index (χ0n) is 12.0. The minimum Gasteiger partial charge on any atom is -0.349 e. The molecule has 1 rings (SSSR count). The van der Waals surface area contributed by atoms with E-state index in [0.29, 0.717) is 5.56 Å². The van der Waals surface area contributed by atoms with Crippen LogP contribution in [0, 0.1) is 13.8 Å². The molecular weight excluding hydrogens is 226 g/mol. The number of nitrogens with zero attached hydrogens (tertiary/aromatic N) is 1. The summed E-state index contributed by atoms with van der Waals surface area (Å²) in [5.74, 6) is -0.0123. The van der Waals surface area contributed by atoms with Gasteiger partial charge in [-0.25, -0.2) is 0 Å². The van der Waals surface area contributed by atoms with Crippen molar-refractivity contribution < 1.29 is 4.79 Å². The van der Waals surface area contributed by atoms with E-state index >= 15 is 0 Å². The van der Waals surface area contributed by atoms with Crippen LogP contribution in [0.1, 0.15) is 67.7 Å². The molecule has 0 aliphatic carbocycles. The Bertz CT molecular complexity index is 365. The van der Waals surface area contributed by atoms with Gasteiger partial charge in [0, 0.05) is 11.7 Å². The molecule has 1 unspecified atom stereocenters. The fourth-order valence-corrected chi connectivity index (χ4v) is 2.13. The number of aryl methyl sites for hydroxylation is 2. The number of hydrogen-bond acceptors (Lipinski definition) is 2. The molecule has 0 saturated carbocycles. The maximum atomic E-state index is 12.1. The number of hydrogen-bond donors (Lipinski definition) is 2. The Balaban J connectivity index is 2.40. The summed E-state index contributed by atoms with van der Waals surface area (Å²) in [6.07, 6.45) is 6.00. The lowest BCUT2D eigenvalue weighted by atomic mass is 10.1. The molecule has 0 fully saturated rings. The largest absolute Gasteiger partial charge is 0.349 e. The van der Waals surface area contributed by atoms with Gasteiger partial charge in [-0.2, -0.15) is 5.10 Å². The van der Waals surface area contributed by atoms with Gasteiger partial charge in [0.2, 0.25) is 0 Å². The Morgan fingerprint density at radius 3 is 2.61 bits per heavy atom. The number of aromatic amines is 1. The number of nitrogens with one attached hydrogen (secondary N) is 2. The normalized spacial score (nSPS) is 12.4. The monoisotopic (exact) mass is 251 g/mol. The highest BCUT2D eigenvalue weighted by atomic mass is 16.1. The van der Waals surface area contributed by atoms with E-state index in [4.69, 9.17) is 0 Å². The molecule has 0 spiro atoms. The molecule has 1 heterocycles. The average Bonchev–Trinajstić information content (AvgIpc) is 2.64. The summed E-state index contributed by atoms with van der Waals surface area (Å²) in [4.78, 5) is 12.1. The Hall–Kier alpha value is -1.32. The van der Waals surface area contributed by atoms with Crippen LogP contribution in [0.4, 0.5) is 0 Å². The highest BCUT2D eigenvalue weighted by Gasteiger charge is 2.16. The highest BCUT2D eigenvalue weighted by Crippen LogP contribution is 2.10. The number of unbranched alkanes of at least 4 members (excludes halogenated alkanes) is 3. The minimum absolute atomic E-state index is 0.0123. The van der Waals surface area contributed by atoms with Crippen molar-refractivity contribution in [3.05, 3.63) is 17.0 Å². The Kier molecular flexibility index (Phi) is 5.89. The number of aromatic nitrogens is 2. The molecule has 4 heteroatoms. The van der Waals surface area contributed by atoms with Gasteiger partial charge in [0.15, 0.2) is 0 Å². The van der Waals surface area contributed by atoms with E-state index in [1.807, 2.05) is 13.8 Å². The van der Waals surface area contributed by atoms with Gasteiger partial charge < -0.3 is 5.32 Å². The summed E-state index contributed by atoms with van der Waals surface area (Å²) in [5, 5.41) is 9.93. The van der Waals surface area contributed by atoms with Crippen LogP contribution in [-0.4, -0.2) is 22.1 Å². The lowest BCUT2D eigenvalue weighted by Gasteiger charge is -2.13. The van der Waals surface area contributed by atoms with Gasteiger partial charge >= 0.3 is 0 Å². The lowest BCUT2D eigenvalue weighted by Crippen LogP contribution is -2.33. The zero-order valence-corrected chi connectivity index (χ0v) is 12.0. The SMILES string of the molecule is CCCCCCC(C)NC(=O)c1c(C)n[nH]c1C. The first kappa shape index (κ1) is 14.7. The molecule has 0 bridgehead atoms. The molecule has 0 aromatic carbocycles. The van der Waals surface area contributed by atoms with Gasteiger partial charge in [-0.15, -0.1) is 0 Å². The Labute approximate surface area is 110 Å². The van der Waals surface area contributed by atoms with Crippen molar-refractivity contribution in [1.82, 2.24) is 15.5 Å². The Morgan fingerprint density at radius 1 is 1.33 bits per heavy atom. The van der Waals surface area contributed by atoms with Gasteiger partial charge in [0.1, 0.15) is 0 Å². The molecule has 2 N–H and O–H groups in total. The highest BCUT2D eigenvalue weighted by molar-refractivity contribution is 5.96. The quantitative estimate of drug-likeness (QED) is 0.731. The number of rotatable bonds is 7. The van der Waals surface area contributed by atoms with Crippen LogP contribution in [0.25, 0.3) is 0 Å². The number of carbonyl (C=O) groups excluding carboxylic acids is 1. The fraction of sp³-hybridized carbons (Fsp3) is 0.714. The van der Waals surface area contributed by atoms with Gasteiger partial charge in [-0.1, -0.05) is 32.6 Å². The molecule has 0 saturated heterocycles. The summed E-state index contributed by atoms with van der Waals surface area (Å²) in [5.41, 5.74) is 2.29. The predicted octanol–water partition coefficient (Wildman–Crippen LogP) is 3.12. The number of amides is 1. The zero-order chi connectivity index (χ0) is 13.5. The third-order valence-corrected chi connectivity index (χ3v) is 3.22. The smallest absolute Gasteiger partial charge is 0.255 e. The minimum atomic E-state index is -0.0123. The van der Waals surface area contributed by atoms with Crippen molar-refractivity contribution in [3.8, 4) is 0 Å². The van der Waals surface area contributed by atoms with Crippen LogP contribution >= 0.6 is 0 Å². The summed E-state index contributed by atoms with van der Waals surface area (Å²) >= 11 is 0. The van der Waals surface area contributed by atoms with E-state index in [0.717, 1.165) is 17.8 Å². The standard InChI is InChI=1S/C14H25N3O/c1-5-6-7-8-9-10(2)15-14(18)13-11(3)16-17-12(13)4/h10H,5-9H2,1-4H3,(H,15,18)(H,16,17). The molecule has 1 atom stereocenters. The second-order valence-corrected chi connectivity index (χ2v) is 5.03. The van der Waals surface area contributed by atoms with Crippen molar-refractivity contribution in [1.29, 1.82) is 0 Å². The fourth-order valence-electron chi connectivity index (χ4n) is 2.13. The molecular formula is C14H25N3O. The molecule has 0 aliphatic heterocycles. The maximum absolute atomic E-state index is 12.1. The molecule has 102 valence electrons. The van der Waals surface area contributed by atoms with Crippen molar-refractivity contribution in [2.24, 2.45) is 0 Å². The van der Waals surface area contributed by atoms with Crippen molar-refractivity contribution in [2.45, 2.75) is 65.8 Å². The van der Waals surface area contributed by atoms with E-state index in [9.17, 15) is 4.79 Å². The second kappa shape index (κ2) is 7.19. The topological polar surface area (TPSA) is 57.8 Å². The van der Waals surface area contributed by atoms with Gasteiger partial charge in [0.05, 0.1) is 11.3 Å². The third-order valence-electron chi connectivity index (χ3n) is 3.22. The maximum Gasteiger partial charge on any atom is 0.255 e. The van der Waals surface area contributed by atoms with E-state index in [1.54, 1.807) is 0 Å². The first-order valence-corrected chi connectivity index (χ1v) is 6.88. The van der Waals surface area contributed by atoms with Gasteiger partial charge in [0.25, 0.3) is 5.91 Å². The Morgan fingerprint density at radius 2 is 2.06 bits per heavy atom. The summed E-state index contributed by atoms with van der Waals surface area (Å²) < 4.78 is 0. The average molecular weight is 251 g/mol. The first-order valence-electron chi connectivity index (χ1n) is 6.88. The van der Waals surface area contributed by atoms with Gasteiger partial charge in [-0.05, 0) is 27.2 Å². The molecule has 0 radical (unpaired) electrons. The van der Waals surface area contributed by atoms with Crippen molar-refractivity contribution in [3.63, 3.8) is 0 Å². The molecule has 1 aromatic heterocycles. The third kappa shape index (κ3) is 4.17.